The van der Waals surface area contributed by atoms with Gasteiger partial charge in [0, 0.05) is 44.0 Å². The van der Waals surface area contributed by atoms with E-state index in [9.17, 15) is 27.9 Å². The minimum Gasteiger partial charge on any atom is -0.490 e. The number of carbonyl (C=O) groups is 2. The lowest BCUT2D eigenvalue weighted by atomic mass is 10.1. The summed E-state index contributed by atoms with van der Waals surface area (Å²) in [5.74, 6) is -0.511. The fourth-order valence-electron chi connectivity index (χ4n) is 5.55. The van der Waals surface area contributed by atoms with Crippen molar-refractivity contribution in [3.05, 3.63) is 119 Å². The maximum atomic E-state index is 12.9. The largest absolute Gasteiger partial charge is 0.490 e. The Labute approximate surface area is 292 Å². The van der Waals surface area contributed by atoms with Crippen molar-refractivity contribution in [3.8, 4) is 5.75 Å². The van der Waals surface area contributed by atoms with Gasteiger partial charge in [0.1, 0.15) is 0 Å². The van der Waals surface area contributed by atoms with Crippen molar-refractivity contribution in [2.75, 3.05) is 57.7 Å². The van der Waals surface area contributed by atoms with Crippen LogP contribution in [0, 0.1) is 12.8 Å². The number of nitrogens with one attached hydrogen (secondary N) is 1. The third kappa shape index (κ3) is 10.6. The molecule has 11 heteroatoms. The Hall–Kier alpha value is -4.87. The molecule has 0 spiro atoms. The maximum absolute atomic E-state index is 12.9. The number of fused-ring (bicyclic) bond motifs is 1. The van der Waals surface area contributed by atoms with Gasteiger partial charge < -0.3 is 29.9 Å². The number of nitrogens with zero attached hydrogens (tertiary/aromatic N) is 3. The first-order valence-corrected chi connectivity index (χ1v) is 16.4. The topological polar surface area (TPSA) is 85.3 Å². The molecule has 0 radical (unpaired) electrons. The number of para-hydroxylation sites is 1. The Morgan fingerprint density at radius 1 is 0.940 bits per heavy atom. The number of hydrogen-bond acceptors (Lipinski definition) is 6. The fraction of sp³-hybridized carbons (Fsp3) is 0.333. The molecule has 2 N–H and O–H groups in total. The van der Waals surface area contributed by atoms with Crippen LogP contribution in [0.4, 0.5) is 30.2 Å². The van der Waals surface area contributed by atoms with Crippen LogP contribution in [0.25, 0.3) is 0 Å². The number of anilines is 3. The number of halogens is 3. The predicted octanol–water partition coefficient (Wildman–Crippen LogP) is 7.17. The summed E-state index contributed by atoms with van der Waals surface area (Å²) in [6, 6.07) is 26.5. The molecular formula is C39H45F3N4O4. The summed E-state index contributed by atoms with van der Waals surface area (Å²) in [4.78, 5) is 31.3. The molecule has 50 heavy (non-hydrogen) atoms. The second-order valence-electron chi connectivity index (χ2n) is 12.8. The van der Waals surface area contributed by atoms with Gasteiger partial charge in [-0.3, -0.25) is 9.59 Å². The molecule has 5 rings (SSSR count). The number of amides is 2. The minimum atomic E-state index is -4.44. The molecule has 0 saturated carbocycles. The molecule has 0 aromatic heterocycles. The average Bonchev–Trinajstić information content (AvgIpc) is 3.06. The molecule has 8 nitrogen and oxygen atoms in total. The summed E-state index contributed by atoms with van der Waals surface area (Å²) in [6.45, 7) is 5.78. The van der Waals surface area contributed by atoms with E-state index in [0.717, 1.165) is 18.7 Å². The van der Waals surface area contributed by atoms with Gasteiger partial charge in [-0.15, -0.1) is 0 Å². The van der Waals surface area contributed by atoms with Crippen molar-refractivity contribution < 1.29 is 32.6 Å². The standard InChI is InChI=1S/C22H23F3N2O4.C17H22N2/c1-14-12-27(9-10-28)21(30)17-3-2-4-18(20(17)31-13-14)26-19(29)11-15-5-7-16(8-6-15)22(23,24)25;1-14-6-5-7-17(12-14)19(4)16-10-8-15(9-11-16)13-18(2)3/h2-8,14,28H,9-13H2,1H3,(H,26,29);5-12H,13H2,1-4H3/t14-;/m1./s1. The van der Waals surface area contributed by atoms with Crippen LogP contribution < -0.4 is 15.0 Å². The second-order valence-corrected chi connectivity index (χ2v) is 12.8. The van der Waals surface area contributed by atoms with Crippen LogP contribution in [0.1, 0.15) is 39.5 Å². The second kappa shape index (κ2) is 17.2. The number of benzene rings is 4. The molecule has 2 amide bonds. The SMILES string of the molecule is C[C@H]1COc2c(NC(=O)Cc3ccc(C(F)(F)F)cc3)cccc2C(=O)N(CCO)C1.Cc1cccc(N(C)c2ccc(CN(C)C)cc2)c1. The van der Waals surface area contributed by atoms with Gasteiger partial charge in [-0.2, -0.15) is 13.2 Å². The van der Waals surface area contributed by atoms with E-state index in [4.69, 9.17) is 4.74 Å². The molecule has 0 aliphatic carbocycles. The van der Waals surface area contributed by atoms with Gasteiger partial charge in [-0.1, -0.05) is 49.4 Å². The highest BCUT2D eigenvalue weighted by Crippen LogP contribution is 2.33. The lowest BCUT2D eigenvalue weighted by Gasteiger charge is -2.30. The molecule has 266 valence electrons. The number of β-amino-alcohol motifs (C(OH)–C–C–N with tert-alkyl or cyclic N) is 1. The Balaban J connectivity index is 0.000000252. The first kappa shape index (κ1) is 37.9. The summed E-state index contributed by atoms with van der Waals surface area (Å²) in [7, 11) is 6.29. The third-order valence-corrected chi connectivity index (χ3v) is 8.08. The first-order valence-electron chi connectivity index (χ1n) is 16.4. The molecule has 0 bridgehead atoms. The summed E-state index contributed by atoms with van der Waals surface area (Å²) in [5, 5.41) is 12.0. The smallest absolute Gasteiger partial charge is 0.416 e. The van der Waals surface area contributed by atoms with Crippen molar-refractivity contribution in [1.29, 1.82) is 0 Å². The number of aryl methyl sites for hydroxylation is 1. The predicted molar refractivity (Wildman–Crippen MR) is 191 cm³/mol. The van der Waals surface area contributed by atoms with Gasteiger partial charge in [-0.25, -0.2) is 0 Å². The number of aliphatic hydroxyl groups excluding tert-OH is 1. The van der Waals surface area contributed by atoms with Crippen LogP contribution in [0.15, 0.2) is 91.0 Å². The number of ether oxygens (including phenoxy) is 1. The Kier molecular flexibility index (Phi) is 13.0. The zero-order valence-corrected chi connectivity index (χ0v) is 29.1. The van der Waals surface area contributed by atoms with Gasteiger partial charge in [0.15, 0.2) is 5.75 Å². The molecule has 1 heterocycles. The normalized spacial score (nSPS) is 14.5. The van der Waals surface area contributed by atoms with Crippen LogP contribution in [0.3, 0.4) is 0 Å². The summed E-state index contributed by atoms with van der Waals surface area (Å²) >= 11 is 0. The van der Waals surface area contributed by atoms with Gasteiger partial charge in [-0.05, 0) is 86.2 Å². The molecule has 1 atom stereocenters. The summed E-state index contributed by atoms with van der Waals surface area (Å²) < 4.78 is 43.9. The number of alkyl halides is 3. The molecule has 1 aliphatic heterocycles. The first-order chi connectivity index (χ1) is 23.7. The van der Waals surface area contributed by atoms with Gasteiger partial charge in [0.05, 0.1) is 36.4 Å². The van der Waals surface area contributed by atoms with Crippen molar-refractivity contribution >= 4 is 28.9 Å². The molecule has 4 aromatic carbocycles. The number of hydrogen-bond donors (Lipinski definition) is 2. The van der Waals surface area contributed by atoms with Crippen LogP contribution >= 0.6 is 0 Å². The Bertz CT molecular complexity index is 1730. The lowest BCUT2D eigenvalue weighted by Crippen LogP contribution is -2.40. The monoisotopic (exact) mass is 690 g/mol. The molecule has 0 unspecified atom stereocenters. The number of rotatable bonds is 9. The fourth-order valence-corrected chi connectivity index (χ4v) is 5.55. The lowest BCUT2D eigenvalue weighted by molar-refractivity contribution is -0.137. The summed E-state index contributed by atoms with van der Waals surface area (Å²) in [6.07, 6.45) is -4.57. The highest BCUT2D eigenvalue weighted by molar-refractivity contribution is 6.01. The maximum Gasteiger partial charge on any atom is 0.416 e. The third-order valence-electron chi connectivity index (χ3n) is 8.08. The quantitative estimate of drug-likeness (QED) is 0.194. The Morgan fingerprint density at radius 3 is 2.22 bits per heavy atom. The van der Waals surface area contributed by atoms with Crippen molar-refractivity contribution in [2.45, 2.75) is 33.0 Å². The molecule has 1 aliphatic rings. The van der Waals surface area contributed by atoms with Gasteiger partial charge >= 0.3 is 6.18 Å². The highest BCUT2D eigenvalue weighted by atomic mass is 19.4. The average molecular weight is 691 g/mol. The van der Waals surface area contributed by atoms with E-state index < -0.39 is 17.6 Å². The molecule has 4 aromatic rings. The minimum absolute atomic E-state index is 0.0135. The van der Waals surface area contributed by atoms with E-state index >= 15 is 0 Å². The summed E-state index contributed by atoms with van der Waals surface area (Å²) in [5.41, 5.74) is 5.28. The zero-order valence-electron chi connectivity index (χ0n) is 29.1. The van der Waals surface area contributed by atoms with Crippen LogP contribution in [0.5, 0.6) is 5.75 Å². The van der Waals surface area contributed by atoms with E-state index in [1.165, 1.54) is 34.6 Å². The van der Waals surface area contributed by atoms with E-state index in [2.05, 4.69) is 91.7 Å². The van der Waals surface area contributed by atoms with Crippen LogP contribution in [0.2, 0.25) is 0 Å². The van der Waals surface area contributed by atoms with E-state index in [1.54, 1.807) is 23.1 Å². The van der Waals surface area contributed by atoms with Crippen LogP contribution in [-0.2, 0) is 23.9 Å². The number of carbonyl (C=O) groups excluding carboxylic acids is 2. The highest BCUT2D eigenvalue weighted by Gasteiger charge is 2.30. The van der Waals surface area contributed by atoms with Crippen molar-refractivity contribution in [2.24, 2.45) is 5.92 Å². The van der Waals surface area contributed by atoms with Crippen molar-refractivity contribution in [3.63, 3.8) is 0 Å². The van der Waals surface area contributed by atoms with E-state index in [-0.39, 0.29) is 42.7 Å². The Morgan fingerprint density at radius 2 is 1.60 bits per heavy atom. The molecule has 0 fully saturated rings. The van der Waals surface area contributed by atoms with E-state index in [1.807, 2.05) is 6.92 Å². The molecule has 0 saturated heterocycles. The molecular weight excluding hydrogens is 645 g/mol. The number of aliphatic hydroxyl groups is 1. The van der Waals surface area contributed by atoms with Crippen LogP contribution in [-0.4, -0.2) is 74.2 Å². The van der Waals surface area contributed by atoms with E-state index in [0.29, 0.717) is 24.4 Å². The van der Waals surface area contributed by atoms with Crippen molar-refractivity contribution in [1.82, 2.24) is 9.80 Å². The zero-order chi connectivity index (χ0) is 36.4. The van der Waals surface area contributed by atoms with Gasteiger partial charge in [0.2, 0.25) is 5.91 Å². The van der Waals surface area contributed by atoms with Gasteiger partial charge in [0.25, 0.3) is 5.91 Å².